The van der Waals surface area contributed by atoms with E-state index in [0.29, 0.717) is 17.1 Å². The molecule has 0 saturated heterocycles. The number of hydrogen-bond acceptors (Lipinski definition) is 7. The van der Waals surface area contributed by atoms with E-state index >= 15 is 0 Å². The Morgan fingerprint density at radius 3 is 2.67 bits per heavy atom. The number of rotatable bonds is 5. The molecule has 1 aromatic heterocycles. The van der Waals surface area contributed by atoms with Gasteiger partial charge in [0.05, 0.1) is 22.8 Å². The molecule has 0 fully saturated rings. The average molecular weight is 478 g/mol. The molecule has 1 unspecified atom stereocenters. The van der Waals surface area contributed by atoms with Crippen molar-refractivity contribution >= 4 is 35.0 Å². The van der Waals surface area contributed by atoms with E-state index in [0.717, 1.165) is 23.9 Å². The van der Waals surface area contributed by atoms with E-state index in [1.807, 2.05) is 0 Å². The predicted octanol–water partition coefficient (Wildman–Crippen LogP) is 3.42. The summed E-state index contributed by atoms with van der Waals surface area (Å²) in [7, 11) is 0. The van der Waals surface area contributed by atoms with Crippen molar-refractivity contribution < 1.29 is 27.5 Å². The highest BCUT2D eigenvalue weighted by atomic mass is 32.2. The number of anilines is 2. The number of fused-ring (bicyclic) bond motifs is 1. The van der Waals surface area contributed by atoms with Crippen LogP contribution in [-0.2, 0) is 9.59 Å². The molecule has 1 N–H and O–H groups in total. The van der Waals surface area contributed by atoms with Crippen LogP contribution in [0, 0.1) is 0 Å². The van der Waals surface area contributed by atoms with Crippen molar-refractivity contribution in [3.8, 4) is 11.4 Å². The van der Waals surface area contributed by atoms with Gasteiger partial charge in [0.15, 0.2) is 0 Å². The maximum atomic E-state index is 13.1. The lowest BCUT2D eigenvalue weighted by Crippen LogP contribution is -2.40. The molecule has 13 heteroatoms. The summed E-state index contributed by atoms with van der Waals surface area (Å²) in [4.78, 5) is 26.8. The van der Waals surface area contributed by atoms with Gasteiger partial charge in [-0.3, -0.25) is 9.59 Å². The van der Waals surface area contributed by atoms with E-state index in [-0.39, 0.29) is 40.9 Å². The molecule has 1 atom stereocenters. The van der Waals surface area contributed by atoms with Gasteiger partial charge >= 0.3 is 6.36 Å². The third kappa shape index (κ3) is 5.25. The fourth-order valence-corrected chi connectivity index (χ4v) is 4.13. The third-order valence-electron chi connectivity index (χ3n) is 4.71. The zero-order valence-corrected chi connectivity index (χ0v) is 17.9. The molecule has 1 aliphatic rings. The van der Waals surface area contributed by atoms with Gasteiger partial charge in [-0.1, -0.05) is 23.9 Å². The van der Waals surface area contributed by atoms with E-state index in [4.69, 9.17) is 0 Å². The van der Waals surface area contributed by atoms with Crippen molar-refractivity contribution in [3.63, 3.8) is 0 Å². The minimum absolute atomic E-state index is 0.0253. The average Bonchev–Trinajstić information content (AvgIpc) is 3.16. The number of ether oxygens (including phenoxy) is 1. The molecule has 0 aliphatic carbocycles. The first-order valence-electron chi connectivity index (χ1n) is 9.69. The molecule has 172 valence electrons. The van der Waals surface area contributed by atoms with E-state index < -0.39 is 6.36 Å². The smallest absolute Gasteiger partial charge is 0.406 e. The Labute approximate surface area is 189 Å². The second kappa shape index (κ2) is 9.10. The van der Waals surface area contributed by atoms with Crippen LogP contribution in [0.4, 0.5) is 24.5 Å². The Balaban J connectivity index is 1.49. The van der Waals surface area contributed by atoms with Crippen molar-refractivity contribution in [2.75, 3.05) is 16.0 Å². The molecule has 2 amide bonds. The van der Waals surface area contributed by atoms with Crippen molar-refractivity contribution in [1.82, 2.24) is 20.2 Å². The summed E-state index contributed by atoms with van der Waals surface area (Å²) in [5, 5.41) is 14.4. The second-order valence-electron chi connectivity index (χ2n) is 7.09. The first kappa shape index (κ1) is 22.6. The van der Waals surface area contributed by atoms with Gasteiger partial charge in [-0.25, -0.2) is 0 Å². The summed E-state index contributed by atoms with van der Waals surface area (Å²) in [6.07, 6.45) is -4.64. The highest BCUT2D eigenvalue weighted by Crippen LogP contribution is 2.32. The Morgan fingerprint density at radius 2 is 1.94 bits per heavy atom. The second-order valence-corrected chi connectivity index (χ2v) is 8.03. The van der Waals surface area contributed by atoms with Gasteiger partial charge in [-0.2, -0.15) is 4.68 Å². The third-order valence-corrected chi connectivity index (χ3v) is 5.61. The van der Waals surface area contributed by atoms with Gasteiger partial charge in [0, 0.05) is 12.5 Å². The Hall–Kier alpha value is -3.61. The van der Waals surface area contributed by atoms with Gasteiger partial charge in [-0.15, -0.1) is 18.3 Å². The molecule has 9 nitrogen and oxygen atoms in total. The monoisotopic (exact) mass is 478 g/mol. The lowest BCUT2D eigenvalue weighted by Gasteiger charge is -2.27. The van der Waals surface area contributed by atoms with Crippen molar-refractivity contribution in [2.24, 2.45) is 0 Å². The molecule has 0 radical (unpaired) electrons. The largest absolute Gasteiger partial charge is 0.573 e. The number of halogens is 3. The summed E-state index contributed by atoms with van der Waals surface area (Å²) in [5.41, 5.74) is 1.55. The molecular weight excluding hydrogens is 461 g/mol. The van der Waals surface area contributed by atoms with Crippen molar-refractivity contribution in [1.29, 1.82) is 0 Å². The number of tetrazole rings is 1. The highest BCUT2D eigenvalue weighted by molar-refractivity contribution is 7.99. The Morgan fingerprint density at radius 1 is 1.21 bits per heavy atom. The SMILES string of the molecule is CC1CC(=O)Nc2ccccc2N1C(=O)CSc1nnnn1-c1ccc(OC(F)(F)F)cc1. The van der Waals surface area contributed by atoms with Crippen LogP contribution in [0.25, 0.3) is 5.69 Å². The molecule has 33 heavy (non-hydrogen) atoms. The van der Waals surface area contributed by atoms with E-state index in [2.05, 4.69) is 25.6 Å². The number of thioether (sulfide) groups is 1. The molecule has 0 saturated carbocycles. The molecule has 4 rings (SSSR count). The molecule has 3 aromatic rings. The Kier molecular flexibility index (Phi) is 6.22. The number of para-hydroxylation sites is 2. The van der Waals surface area contributed by atoms with Gasteiger partial charge in [-0.05, 0) is 53.7 Å². The number of nitrogens with zero attached hydrogens (tertiary/aromatic N) is 5. The molecule has 2 aromatic carbocycles. The molecular formula is C20H17F3N6O3S. The number of carbonyl (C=O) groups is 2. The number of aromatic nitrogens is 4. The van der Waals surface area contributed by atoms with Gasteiger partial charge in [0.1, 0.15) is 5.75 Å². The zero-order chi connectivity index (χ0) is 23.6. The van der Waals surface area contributed by atoms with Crippen LogP contribution in [0.3, 0.4) is 0 Å². The molecule has 2 heterocycles. The van der Waals surface area contributed by atoms with Crippen molar-refractivity contribution in [2.45, 2.75) is 30.9 Å². The minimum atomic E-state index is -4.79. The quantitative estimate of drug-likeness (QED) is 0.561. The van der Waals surface area contributed by atoms with Gasteiger partial charge in [0.2, 0.25) is 17.0 Å². The van der Waals surface area contributed by atoms with Crippen LogP contribution < -0.4 is 15.0 Å². The molecule has 0 spiro atoms. The first-order chi connectivity index (χ1) is 15.7. The molecule has 0 bridgehead atoms. The highest BCUT2D eigenvalue weighted by Gasteiger charge is 2.31. The number of nitrogens with one attached hydrogen (secondary N) is 1. The topological polar surface area (TPSA) is 102 Å². The van der Waals surface area contributed by atoms with Crippen LogP contribution in [0.15, 0.2) is 53.7 Å². The number of benzene rings is 2. The van der Waals surface area contributed by atoms with E-state index in [1.54, 1.807) is 36.1 Å². The minimum Gasteiger partial charge on any atom is -0.406 e. The summed E-state index contributed by atoms with van der Waals surface area (Å²) in [6, 6.07) is 11.7. The Bertz CT molecular complexity index is 1170. The predicted molar refractivity (Wildman–Crippen MR) is 113 cm³/mol. The zero-order valence-electron chi connectivity index (χ0n) is 17.1. The van der Waals surface area contributed by atoms with Crippen LogP contribution in [-0.4, -0.2) is 50.2 Å². The van der Waals surface area contributed by atoms with Crippen LogP contribution >= 0.6 is 11.8 Å². The number of amides is 2. The summed E-state index contributed by atoms with van der Waals surface area (Å²) < 4.78 is 42.2. The molecule has 1 aliphatic heterocycles. The first-order valence-corrected chi connectivity index (χ1v) is 10.7. The maximum absolute atomic E-state index is 13.1. The van der Waals surface area contributed by atoms with Crippen LogP contribution in [0.2, 0.25) is 0 Å². The van der Waals surface area contributed by atoms with E-state index in [9.17, 15) is 22.8 Å². The summed E-state index contributed by atoms with van der Waals surface area (Å²) >= 11 is 1.07. The van der Waals surface area contributed by atoms with Gasteiger partial charge < -0.3 is 15.0 Å². The lowest BCUT2D eigenvalue weighted by atomic mass is 10.2. The van der Waals surface area contributed by atoms with E-state index in [1.165, 1.54) is 16.8 Å². The maximum Gasteiger partial charge on any atom is 0.573 e. The summed E-state index contributed by atoms with van der Waals surface area (Å²) in [5.74, 6) is -0.830. The number of carbonyl (C=O) groups excluding carboxylic acids is 2. The fourth-order valence-electron chi connectivity index (χ4n) is 3.38. The lowest BCUT2D eigenvalue weighted by molar-refractivity contribution is -0.274. The van der Waals surface area contributed by atoms with Crippen LogP contribution in [0.1, 0.15) is 13.3 Å². The fraction of sp³-hybridized carbons (Fsp3) is 0.250. The number of alkyl halides is 3. The van der Waals surface area contributed by atoms with Crippen LogP contribution in [0.5, 0.6) is 5.75 Å². The standard InChI is InChI=1S/C20H17F3N6O3S/c1-12-10-17(30)24-15-4-2-3-5-16(15)28(12)18(31)11-33-19-25-26-27-29(19)13-6-8-14(9-7-13)32-20(21,22)23/h2-9,12H,10-11H2,1H3,(H,24,30). The summed E-state index contributed by atoms with van der Waals surface area (Å²) in [6.45, 7) is 1.79. The van der Waals surface area contributed by atoms with Crippen molar-refractivity contribution in [3.05, 3.63) is 48.5 Å². The normalized spacial score (nSPS) is 16.1. The number of hydrogen-bond donors (Lipinski definition) is 1. The van der Waals surface area contributed by atoms with Gasteiger partial charge in [0.25, 0.3) is 0 Å².